The molecule has 0 bridgehead atoms. The van der Waals surface area contributed by atoms with Gasteiger partial charge in [-0.15, -0.1) is 0 Å². The third kappa shape index (κ3) is 5.30. The molecule has 1 amide bonds. The summed E-state index contributed by atoms with van der Waals surface area (Å²) in [5.74, 6) is 0.0351. The lowest BCUT2D eigenvalue weighted by Gasteiger charge is -2.29. The maximum absolute atomic E-state index is 13.9. The van der Waals surface area contributed by atoms with Crippen molar-refractivity contribution in [3.05, 3.63) is 59.4 Å². The number of hydrogen-bond donors (Lipinski definition) is 3. The number of nitrogens with one attached hydrogen (secondary N) is 3. The summed E-state index contributed by atoms with van der Waals surface area (Å²) in [7, 11) is 1.47. The second-order valence-electron chi connectivity index (χ2n) is 7.38. The Labute approximate surface area is 166 Å². The van der Waals surface area contributed by atoms with E-state index in [1.165, 1.54) is 16.9 Å². The van der Waals surface area contributed by atoms with E-state index in [1.807, 2.05) is 30.3 Å². The number of halogens is 1. The molecular weight excluding hydrogens is 357 g/mol. The third-order valence-corrected chi connectivity index (χ3v) is 5.42. The van der Waals surface area contributed by atoms with Crippen LogP contribution in [0.3, 0.4) is 0 Å². The molecule has 1 aliphatic heterocycles. The van der Waals surface area contributed by atoms with Gasteiger partial charge in [0.05, 0.1) is 7.11 Å². The predicted octanol–water partition coefficient (Wildman–Crippen LogP) is 0.319. The maximum atomic E-state index is 13.9. The number of aryl methyl sites for hydroxylation is 1. The molecule has 2 aromatic carbocycles. The summed E-state index contributed by atoms with van der Waals surface area (Å²) in [6.07, 6.45) is 0.900. The van der Waals surface area contributed by atoms with Crippen molar-refractivity contribution in [2.45, 2.75) is 19.9 Å². The van der Waals surface area contributed by atoms with Crippen molar-refractivity contribution in [1.82, 2.24) is 0 Å². The van der Waals surface area contributed by atoms with E-state index in [0.717, 1.165) is 56.0 Å². The third-order valence-electron chi connectivity index (χ3n) is 5.42. The first-order valence-electron chi connectivity index (χ1n) is 9.96. The molecule has 1 heterocycles. The normalized spacial score (nSPS) is 19.2. The number of piperazine rings is 1. The Morgan fingerprint density at radius 2 is 1.82 bits per heavy atom. The van der Waals surface area contributed by atoms with E-state index < -0.39 is 0 Å². The van der Waals surface area contributed by atoms with Crippen LogP contribution in [-0.2, 0) is 17.8 Å². The molecule has 3 N–H and O–H groups in total. The highest BCUT2D eigenvalue weighted by Crippen LogP contribution is 2.17. The summed E-state index contributed by atoms with van der Waals surface area (Å²) in [6.45, 7) is 7.21. The number of ether oxygens (including phenoxy) is 1. The molecule has 3 rings (SSSR count). The second kappa shape index (κ2) is 9.66. The van der Waals surface area contributed by atoms with Crippen LogP contribution in [0.4, 0.5) is 10.1 Å². The SMILES string of the molecule is CCc1ccccc1NC(=O)C[NH+]1CC[NH+](Cc2ccc(OC)c(F)c2)CC1. The van der Waals surface area contributed by atoms with E-state index >= 15 is 0 Å². The molecule has 0 spiro atoms. The number of carbonyl (C=O) groups excluding carboxylic acids is 1. The summed E-state index contributed by atoms with van der Waals surface area (Å²) in [4.78, 5) is 15.2. The Morgan fingerprint density at radius 3 is 2.50 bits per heavy atom. The Bertz CT molecular complexity index is 804. The number of quaternary nitrogens is 2. The summed E-state index contributed by atoms with van der Waals surface area (Å²) in [5.41, 5.74) is 3.05. The standard InChI is InChI=1S/C22H28FN3O2/c1-3-18-6-4-5-7-20(18)24-22(27)16-26-12-10-25(11-13-26)15-17-8-9-21(28-2)19(23)14-17/h4-9,14H,3,10-13,15-16H2,1-2H3,(H,24,27)/p+2. The molecule has 0 aliphatic carbocycles. The highest BCUT2D eigenvalue weighted by Gasteiger charge is 2.25. The molecule has 2 aromatic rings. The number of rotatable bonds is 7. The summed E-state index contributed by atoms with van der Waals surface area (Å²) < 4.78 is 18.8. The lowest BCUT2D eigenvalue weighted by atomic mass is 10.1. The molecular formula is C22H30FN3O2+2. The van der Waals surface area contributed by atoms with Crippen LogP contribution >= 0.6 is 0 Å². The largest absolute Gasteiger partial charge is 0.494 e. The quantitative estimate of drug-likeness (QED) is 0.641. The first-order chi connectivity index (χ1) is 13.6. The molecule has 150 valence electrons. The van der Waals surface area contributed by atoms with Gasteiger partial charge in [0.1, 0.15) is 32.7 Å². The van der Waals surface area contributed by atoms with Gasteiger partial charge in [-0.3, -0.25) is 4.79 Å². The molecule has 1 fully saturated rings. The smallest absolute Gasteiger partial charge is 0.279 e. The fraction of sp³-hybridized carbons (Fsp3) is 0.409. The zero-order chi connectivity index (χ0) is 19.9. The van der Waals surface area contributed by atoms with Crippen molar-refractivity contribution in [3.8, 4) is 5.75 Å². The summed E-state index contributed by atoms with van der Waals surface area (Å²) in [5, 5.41) is 3.06. The van der Waals surface area contributed by atoms with Crippen LogP contribution in [0.2, 0.25) is 0 Å². The van der Waals surface area contributed by atoms with Crippen molar-refractivity contribution in [1.29, 1.82) is 0 Å². The Hall–Kier alpha value is -2.44. The number of anilines is 1. The van der Waals surface area contributed by atoms with E-state index in [4.69, 9.17) is 4.74 Å². The van der Waals surface area contributed by atoms with Gasteiger partial charge in [0.25, 0.3) is 5.91 Å². The van der Waals surface area contributed by atoms with E-state index in [2.05, 4.69) is 12.2 Å². The molecule has 0 atom stereocenters. The first-order valence-corrected chi connectivity index (χ1v) is 9.96. The van der Waals surface area contributed by atoms with Crippen LogP contribution in [0, 0.1) is 5.82 Å². The number of para-hydroxylation sites is 1. The van der Waals surface area contributed by atoms with Crippen LogP contribution in [0.5, 0.6) is 5.75 Å². The van der Waals surface area contributed by atoms with Crippen molar-refractivity contribution >= 4 is 11.6 Å². The number of benzene rings is 2. The molecule has 5 nitrogen and oxygen atoms in total. The summed E-state index contributed by atoms with van der Waals surface area (Å²) in [6, 6.07) is 13.1. The minimum Gasteiger partial charge on any atom is -0.494 e. The Kier molecular flexibility index (Phi) is 7.01. The number of amides is 1. The topological polar surface area (TPSA) is 47.2 Å². The molecule has 0 radical (unpaired) electrons. The molecule has 0 saturated carbocycles. The van der Waals surface area contributed by atoms with Gasteiger partial charge in [-0.05, 0) is 36.2 Å². The molecule has 0 unspecified atom stereocenters. The molecule has 1 aliphatic rings. The number of methoxy groups -OCH3 is 1. The van der Waals surface area contributed by atoms with Crippen LogP contribution in [0.25, 0.3) is 0 Å². The average Bonchev–Trinajstić information content (AvgIpc) is 2.70. The first kappa shape index (κ1) is 20.3. The van der Waals surface area contributed by atoms with E-state index in [1.54, 1.807) is 12.1 Å². The van der Waals surface area contributed by atoms with Crippen LogP contribution in [0.15, 0.2) is 42.5 Å². The van der Waals surface area contributed by atoms with Crippen molar-refractivity contribution in [3.63, 3.8) is 0 Å². The summed E-state index contributed by atoms with van der Waals surface area (Å²) >= 11 is 0. The fourth-order valence-corrected chi connectivity index (χ4v) is 3.79. The van der Waals surface area contributed by atoms with Crippen LogP contribution in [-0.4, -0.2) is 45.7 Å². The molecule has 1 saturated heterocycles. The number of hydrogen-bond acceptors (Lipinski definition) is 2. The zero-order valence-electron chi connectivity index (χ0n) is 16.7. The van der Waals surface area contributed by atoms with Gasteiger partial charge in [-0.2, -0.15) is 0 Å². The fourth-order valence-electron chi connectivity index (χ4n) is 3.79. The lowest BCUT2D eigenvalue weighted by molar-refractivity contribution is -1.02. The van der Waals surface area contributed by atoms with Crippen molar-refractivity contribution in [2.75, 3.05) is 45.2 Å². The van der Waals surface area contributed by atoms with Gasteiger partial charge in [0, 0.05) is 11.3 Å². The number of carbonyl (C=O) groups is 1. The minimum atomic E-state index is -0.312. The van der Waals surface area contributed by atoms with Gasteiger partial charge < -0.3 is 19.9 Å². The lowest BCUT2D eigenvalue weighted by Crippen LogP contribution is -3.28. The molecule has 6 heteroatoms. The predicted molar refractivity (Wildman–Crippen MR) is 107 cm³/mol. The minimum absolute atomic E-state index is 0.0663. The van der Waals surface area contributed by atoms with Crippen molar-refractivity contribution < 1.29 is 23.7 Å². The van der Waals surface area contributed by atoms with E-state index in [0.29, 0.717) is 6.54 Å². The van der Waals surface area contributed by atoms with E-state index in [-0.39, 0.29) is 17.5 Å². The molecule has 0 aromatic heterocycles. The Balaban J connectivity index is 1.46. The highest BCUT2D eigenvalue weighted by molar-refractivity contribution is 5.92. The van der Waals surface area contributed by atoms with E-state index in [9.17, 15) is 9.18 Å². The monoisotopic (exact) mass is 387 g/mol. The van der Waals surface area contributed by atoms with Gasteiger partial charge in [0.15, 0.2) is 18.1 Å². The van der Waals surface area contributed by atoms with Crippen LogP contribution in [0.1, 0.15) is 18.1 Å². The van der Waals surface area contributed by atoms with Crippen LogP contribution < -0.4 is 19.9 Å². The van der Waals surface area contributed by atoms with Gasteiger partial charge in [-0.1, -0.05) is 25.1 Å². The molecule has 28 heavy (non-hydrogen) atoms. The Morgan fingerprint density at radius 1 is 1.11 bits per heavy atom. The second-order valence-corrected chi connectivity index (χ2v) is 7.38. The van der Waals surface area contributed by atoms with Crippen molar-refractivity contribution in [2.24, 2.45) is 0 Å². The zero-order valence-corrected chi connectivity index (χ0v) is 16.7. The average molecular weight is 387 g/mol. The van der Waals surface area contributed by atoms with Gasteiger partial charge in [0.2, 0.25) is 0 Å². The highest BCUT2D eigenvalue weighted by atomic mass is 19.1. The van der Waals surface area contributed by atoms with Gasteiger partial charge >= 0.3 is 0 Å². The maximum Gasteiger partial charge on any atom is 0.279 e. The van der Waals surface area contributed by atoms with Gasteiger partial charge in [-0.25, -0.2) is 4.39 Å².